The van der Waals surface area contributed by atoms with E-state index in [1.54, 1.807) is 44.4 Å². The number of hydrogen-bond donors (Lipinski definition) is 3. The van der Waals surface area contributed by atoms with E-state index in [0.717, 1.165) is 16.3 Å². The summed E-state index contributed by atoms with van der Waals surface area (Å²) in [5.41, 5.74) is 5.17. The van der Waals surface area contributed by atoms with Gasteiger partial charge in [-0.2, -0.15) is 10.2 Å². The predicted molar refractivity (Wildman–Crippen MR) is 116 cm³/mol. The summed E-state index contributed by atoms with van der Waals surface area (Å²) in [5.74, 6) is 0.322. The van der Waals surface area contributed by atoms with Crippen molar-refractivity contribution in [2.75, 3.05) is 7.11 Å². The third kappa shape index (κ3) is 3.60. The average molecular weight is 400 g/mol. The Morgan fingerprint density at radius 2 is 1.87 bits per heavy atom. The van der Waals surface area contributed by atoms with Gasteiger partial charge in [-0.1, -0.05) is 42.5 Å². The maximum atomic E-state index is 12.5. The molecule has 7 heteroatoms. The SMILES string of the molecule is COc1ccc2ccccc2c1-c1cc(C(=O)N/N=C(\C)c2ccccc2O)[nH]n1. The van der Waals surface area contributed by atoms with Crippen molar-refractivity contribution in [3.63, 3.8) is 0 Å². The van der Waals surface area contributed by atoms with Crippen LogP contribution in [0.2, 0.25) is 0 Å². The first-order chi connectivity index (χ1) is 14.6. The number of amides is 1. The Kier molecular flexibility index (Phi) is 5.17. The summed E-state index contributed by atoms with van der Waals surface area (Å²) in [6.07, 6.45) is 0. The van der Waals surface area contributed by atoms with Crippen LogP contribution in [0.25, 0.3) is 22.0 Å². The molecule has 0 atom stereocenters. The predicted octanol–water partition coefficient (Wildman–Crippen LogP) is 4.10. The number of rotatable bonds is 5. The number of nitrogens with one attached hydrogen (secondary N) is 2. The Hall–Kier alpha value is -4.13. The lowest BCUT2D eigenvalue weighted by molar-refractivity contribution is 0.0950. The number of ether oxygens (including phenoxy) is 1. The van der Waals surface area contributed by atoms with Crippen LogP contribution < -0.4 is 10.2 Å². The van der Waals surface area contributed by atoms with Gasteiger partial charge in [0, 0.05) is 5.56 Å². The molecular formula is C23H20N4O3. The van der Waals surface area contributed by atoms with Crippen LogP contribution in [0, 0.1) is 0 Å². The molecule has 0 fully saturated rings. The standard InChI is InChI=1S/C23H20N4O3/c1-14(16-8-5-6-10-20(16)28)24-27-23(29)19-13-18(25-26-19)22-17-9-4-3-7-15(17)11-12-21(22)30-2/h3-13,28H,1-2H3,(H,25,26)(H,27,29)/b24-14+. The quantitative estimate of drug-likeness (QED) is 0.347. The zero-order chi connectivity index (χ0) is 21.1. The number of aromatic nitrogens is 2. The molecule has 1 heterocycles. The van der Waals surface area contributed by atoms with Crippen LogP contribution in [-0.2, 0) is 0 Å². The molecule has 4 rings (SSSR count). The van der Waals surface area contributed by atoms with Crippen LogP contribution in [0.1, 0.15) is 23.0 Å². The third-order valence-corrected chi connectivity index (χ3v) is 4.81. The van der Waals surface area contributed by atoms with Gasteiger partial charge >= 0.3 is 0 Å². The first-order valence-electron chi connectivity index (χ1n) is 9.33. The molecule has 30 heavy (non-hydrogen) atoms. The molecular weight excluding hydrogens is 380 g/mol. The molecule has 4 aromatic rings. The zero-order valence-corrected chi connectivity index (χ0v) is 16.5. The second-order valence-corrected chi connectivity index (χ2v) is 6.69. The van der Waals surface area contributed by atoms with E-state index in [1.807, 2.05) is 36.4 Å². The monoisotopic (exact) mass is 400 g/mol. The van der Waals surface area contributed by atoms with Gasteiger partial charge in [0.1, 0.15) is 17.2 Å². The summed E-state index contributed by atoms with van der Waals surface area (Å²) in [6.45, 7) is 1.70. The summed E-state index contributed by atoms with van der Waals surface area (Å²) in [7, 11) is 1.60. The molecule has 150 valence electrons. The van der Waals surface area contributed by atoms with Crippen LogP contribution >= 0.6 is 0 Å². The molecule has 0 aliphatic carbocycles. The number of nitrogens with zero attached hydrogens (tertiary/aromatic N) is 2. The first-order valence-corrected chi connectivity index (χ1v) is 9.33. The Labute approximate surface area is 173 Å². The number of phenolic OH excluding ortho intramolecular Hbond substituents is 1. The zero-order valence-electron chi connectivity index (χ0n) is 16.5. The van der Waals surface area contributed by atoms with Gasteiger partial charge in [-0.3, -0.25) is 9.89 Å². The molecule has 0 aliphatic heterocycles. The summed E-state index contributed by atoms with van der Waals surface area (Å²) in [4.78, 5) is 12.5. The fourth-order valence-corrected chi connectivity index (χ4v) is 3.29. The Morgan fingerprint density at radius 3 is 2.67 bits per heavy atom. The molecule has 3 N–H and O–H groups in total. The number of aromatic amines is 1. The summed E-state index contributed by atoms with van der Waals surface area (Å²) < 4.78 is 5.52. The molecule has 0 unspecified atom stereocenters. The normalized spacial score (nSPS) is 11.5. The molecule has 3 aromatic carbocycles. The summed E-state index contributed by atoms with van der Waals surface area (Å²) in [5, 5.41) is 23.1. The van der Waals surface area contributed by atoms with E-state index in [2.05, 4.69) is 20.7 Å². The van der Waals surface area contributed by atoms with E-state index in [1.165, 1.54) is 0 Å². The van der Waals surface area contributed by atoms with Crippen LogP contribution in [0.3, 0.4) is 0 Å². The van der Waals surface area contributed by atoms with Gasteiger partial charge in [-0.15, -0.1) is 0 Å². The Balaban J connectivity index is 1.62. The third-order valence-electron chi connectivity index (χ3n) is 4.81. The lowest BCUT2D eigenvalue weighted by atomic mass is 10.0. The first kappa shape index (κ1) is 19.2. The van der Waals surface area contributed by atoms with Crippen LogP contribution in [0.4, 0.5) is 0 Å². The Bertz CT molecular complexity index is 1260. The molecule has 0 aliphatic rings. The fourth-order valence-electron chi connectivity index (χ4n) is 3.29. The van der Waals surface area contributed by atoms with E-state index in [-0.39, 0.29) is 11.4 Å². The van der Waals surface area contributed by atoms with Crippen molar-refractivity contribution in [1.29, 1.82) is 0 Å². The van der Waals surface area contributed by atoms with E-state index in [9.17, 15) is 9.90 Å². The van der Waals surface area contributed by atoms with Gasteiger partial charge in [-0.25, -0.2) is 5.43 Å². The Morgan fingerprint density at radius 1 is 1.10 bits per heavy atom. The number of phenols is 1. The molecule has 0 radical (unpaired) electrons. The number of hydrazone groups is 1. The summed E-state index contributed by atoms with van der Waals surface area (Å²) >= 11 is 0. The maximum absolute atomic E-state index is 12.5. The lowest BCUT2D eigenvalue weighted by Gasteiger charge is -2.09. The van der Waals surface area contributed by atoms with Gasteiger partial charge < -0.3 is 9.84 Å². The minimum atomic E-state index is -0.442. The fraction of sp³-hybridized carbons (Fsp3) is 0.0870. The van der Waals surface area contributed by atoms with Gasteiger partial charge in [0.25, 0.3) is 5.91 Å². The van der Waals surface area contributed by atoms with Gasteiger partial charge in [-0.05, 0) is 42.0 Å². The van der Waals surface area contributed by atoms with Gasteiger partial charge in [0.05, 0.1) is 24.1 Å². The smallest absolute Gasteiger partial charge is 0.289 e. The molecule has 0 bridgehead atoms. The highest BCUT2D eigenvalue weighted by Crippen LogP contribution is 2.36. The van der Waals surface area contributed by atoms with Crippen LogP contribution in [0.15, 0.2) is 71.8 Å². The topological polar surface area (TPSA) is 99.6 Å². The minimum absolute atomic E-state index is 0.0971. The van der Waals surface area contributed by atoms with E-state index < -0.39 is 5.91 Å². The second kappa shape index (κ2) is 8.08. The number of para-hydroxylation sites is 1. The van der Waals surface area contributed by atoms with Crippen molar-refractivity contribution < 1.29 is 14.6 Å². The molecule has 1 aromatic heterocycles. The molecule has 0 saturated carbocycles. The number of methoxy groups -OCH3 is 1. The number of fused-ring (bicyclic) bond motifs is 1. The number of aromatic hydroxyl groups is 1. The van der Waals surface area contributed by atoms with Gasteiger partial charge in [0.15, 0.2) is 0 Å². The van der Waals surface area contributed by atoms with Crippen LogP contribution in [-0.4, -0.2) is 34.0 Å². The van der Waals surface area contributed by atoms with E-state index in [4.69, 9.17) is 4.74 Å². The minimum Gasteiger partial charge on any atom is -0.507 e. The molecule has 0 spiro atoms. The van der Waals surface area contributed by atoms with E-state index in [0.29, 0.717) is 22.7 Å². The summed E-state index contributed by atoms with van der Waals surface area (Å²) in [6, 6.07) is 20.2. The maximum Gasteiger partial charge on any atom is 0.289 e. The molecule has 7 nitrogen and oxygen atoms in total. The van der Waals surface area contributed by atoms with Crippen molar-refractivity contribution in [3.8, 4) is 22.8 Å². The van der Waals surface area contributed by atoms with Crippen molar-refractivity contribution in [2.24, 2.45) is 5.10 Å². The van der Waals surface area contributed by atoms with Crippen molar-refractivity contribution >= 4 is 22.4 Å². The van der Waals surface area contributed by atoms with E-state index >= 15 is 0 Å². The number of benzene rings is 3. The van der Waals surface area contributed by atoms with Crippen molar-refractivity contribution in [3.05, 3.63) is 78.0 Å². The lowest BCUT2D eigenvalue weighted by Crippen LogP contribution is -2.19. The van der Waals surface area contributed by atoms with Crippen LogP contribution in [0.5, 0.6) is 11.5 Å². The number of carbonyl (C=O) groups is 1. The molecule has 0 saturated heterocycles. The van der Waals surface area contributed by atoms with Crippen molar-refractivity contribution in [2.45, 2.75) is 6.92 Å². The number of H-pyrrole nitrogens is 1. The highest BCUT2D eigenvalue weighted by molar-refractivity contribution is 6.03. The highest BCUT2D eigenvalue weighted by atomic mass is 16.5. The van der Waals surface area contributed by atoms with Gasteiger partial charge in [0.2, 0.25) is 0 Å². The average Bonchev–Trinajstić information content (AvgIpc) is 3.26. The second-order valence-electron chi connectivity index (χ2n) is 6.69. The largest absolute Gasteiger partial charge is 0.507 e. The number of hydrogen-bond acceptors (Lipinski definition) is 5. The van der Waals surface area contributed by atoms with Crippen molar-refractivity contribution in [1.82, 2.24) is 15.6 Å². The highest BCUT2D eigenvalue weighted by Gasteiger charge is 2.16. The molecule has 1 amide bonds. The number of carbonyl (C=O) groups excluding carboxylic acids is 1.